The summed E-state index contributed by atoms with van der Waals surface area (Å²) < 4.78 is 11.1. The first-order valence-electron chi connectivity index (χ1n) is 5.33. The molecule has 15 heavy (non-hydrogen) atoms. The van der Waals surface area contributed by atoms with E-state index < -0.39 is 10.8 Å². The second-order valence-electron chi connectivity index (χ2n) is 4.15. The fraction of sp³-hybridized carbons (Fsp3) is 0.900. The van der Waals surface area contributed by atoms with Crippen molar-refractivity contribution in [3.05, 3.63) is 0 Å². The number of carbonyl (C=O) groups is 1. The molecule has 1 rings (SSSR count). The topological polar surface area (TPSA) is 49.4 Å². The van der Waals surface area contributed by atoms with Gasteiger partial charge >= 0.3 is 0 Å². The Hall–Kier alpha value is -0.420. The Balaban J connectivity index is 2.21. The summed E-state index contributed by atoms with van der Waals surface area (Å²) >= 11 is 0. The lowest BCUT2D eigenvalue weighted by Gasteiger charge is -2.13. The van der Waals surface area contributed by atoms with E-state index in [-0.39, 0.29) is 17.2 Å². The molecule has 1 aliphatic rings. The second kappa shape index (κ2) is 5.61. The minimum absolute atomic E-state index is 0.0208. The summed E-state index contributed by atoms with van der Waals surface area (Å²) in [5, 5.41) is 3.42. The van der Waals surface area contributed by atoms with Gasteiger partial charge in [0.15, 0.2) is 0 Å². The van der Waals surface area contributed by atoms with Gasteiger partial charge in [0.1, 0.15) is 0 Å². The van der Waals surface area contributed by atoms with Crippen LogP contribution in [0.3, 0.4) is 0 Å². The lowest BCUT2D eigenvalue weighted by molar-refractivity contribution is -0.128. The van der Waals surface area contributed by atoms with Crippen molar-refractivity contribution in [3.63, 3.8) is 0 Å². The van der Waals surface area contributed by atoms with Crippen molar-refractivity contribution in [1.29, 1.82) is 0 Å². The Morgan fingerprint density at radius 2 is 2.33 bits per heavy atom. The number of likely N-dealkylation sites (tertiary alicyclic amines) is 1. The van der Waals surface area contributed by atoms with Crippen LogP contribution in [0.25, 0.3) is 0 Å². The zero-order chi connectivity index (χ0) is 11.4. The standard InChI is InChI=1S/C10H20N2O2S/c1-8(15(3)14)4-6-11-9-5-7-12(2)10(9)13/h8-9,11H,4-7H2,1-3H3. The van der Waals surface area contributed by atoms with Crippen LogP contribution in [-0.2, 0) is 15.6 Å². The predicted molar refractivity (Wildman–Crippen MR) is 62.2 cm³/mol. The van der Waals surface area contributed by atoms with Gasteiger partial charge in [0, 0.05) is 35.9 Å². The van der Waals surface area contributed by atoms with Gasteiger partial charge in [-0.05, 0) is 19.4 Å². The molecular formula is C10H20N2O2S. The van der Waals surface area contributed by atoms with E-state index in [0.717, 1.165) is 25.9 Å². The molecule has 1 amide bonds. The van der Waals surface area contributed by atoms with E-state index in [9.17, 15) is 9.00 Å². The molecule has 0 aromatic rings. The van der Waals surface area contributed by atoms with Crippen LogP contribution < -0.4 is 5.32 Å². The summed E-state index contributed by atoms with van der Waals surface area (Å²) in [6, 6.07) is -0.0208. The number of nitrogens with zero attached hydrogens (tertiary/aromatic N) is 1. The fourth-order valence-corrected chi connectivity index (χ4v) is 2.09. The molecule has 1 aliphatic heterocycles. The molecular weight excluding hydrogens is 212 g/mol. The Morgan fingerprint density at radius 3 is 2.80 bits per heavy atom. The third-order valence-corrected chi connectivity index (χ3v) is 4.30. The third kappa shape index (κ3) is 3.57. The average molecular weight is 232 g/mol. The molecule has 4 nitrogen and oxygen atoms in total. The van der Waals surface area contributed by atoms with E-state index in [1.54, 1.807) is 11.2 Å². The molecule has 0 saturated carbocycles. The zero-order valence-electron chi connectivity index (χ0n) is 9.66. The summed E-state index contributed by atoms with van der Waals surface area (Å²) in [4.78, 5) is 13.3. The van der Waals surface area contributed by atoms with E-state index in [2.05, 4.69) is 5.32 Å². The van der Waals surface area contributed by atoms with E-state index in [1.807, 2.05) is 14.0 Å². The van der Waals surface area contributed by atoms with Crippen molar-refractivity contribution in [3.8, 4) is 0 Å². The molecule has 5 heteroatoms. The highest BCUT2D eigenvalue weighted by Gasteiger charge is 2.28. The van der Waals surface area contributed by atoms with Gasteiger partial charge in [-0.1, -0.05) is 6.92 Å². The minimum atomic E-state index is -0.764. The van der Waals surface area contributed by atoms with Gasteiger partial charge in [-0.2, -0.15) is 0 Å². The first-order valence-corrected chi connectivity index (χ1v) is 6.95. The highest BCUT2D eigenvalue weighted by atomic mass is 32.2. The molecule has 0 bridgehead atoms. The maximum absolute atomic E-state index is 11.5. The Morgan fingerprint density at radius 1 is 1.67 bits per heavy atom. The molecule has 0 aromatic heterocycles. The average Bonchev–Trinajstić information content (AvgIpc) is 2.49. The van der Waals surface area contributed by atoms with Crippen molar-refractivity contribution in [2.45, 2.75) is 31.1 Å². The first kappa shape index (κ1) is 12.6. The molecule has 3 unspecified atom stereocenters. The van der Waals surface area contributed by atoms with Crippen LogP contribution in [0.1, 0.15) is 19.8 Å². The van der Waals surface area contributed by atoms with E-state index >= 15 is 0 Å². The molecule has 1 heterocycles. The number of carbonyl (C=O) groups excluding carboxylic acids is 1. The van der Waals surface area contributed by atoms with Crippen LogP contribution in [-0.4, -0.2) is 52.7 Å². The monoisotopic (exact) mass is 232 g/mol. The molecule has 0 aromatic carbocycles. The number of amides is 1. The van der Waals surface area contributed by atoms with Crippen LogP contribution in [0.5, 0.6) is 0 Å². The van der Waals surface area contributed by atoms with E-state index in [4.69, 9.17) is 0 Å². The second-order valence-corrected chi connectivity index (χ2v) is 5.95. The summed E-state index contributed by atoms with van der Waals surface area (Å²) in [5.41, 5.74) is 0. The van der Waals surface area contributed by atoms with Crippen LogP contribution in [0.4, 0.5) is 0 Å². The van der Waals surface area contributed by atoms with Gasteiger partial charge in [0.2, 0.25) is 5.91 Å². The summed E-state index contributed by atoms with van der Waals surface area (Å²) in [6.07, 6.45) is 3.47. The number of rotatable bonds is 5. The minimum Gasteiger partial charge on any atom is -0.344 e. The smallest absolute Gasteiger partial charge is 0.239 e. The number of likely N-dealkylation sites (N-methyl/N-ethyl adjacent to an activating group) is 1. The maximum Gasteiger partial charge on any atom is 0.239 e. The van der Waals surface area contributed by atoms with Crippen molar-refractivity contribution in [2.24, 2.45) is 0 Å². The van der Waals surface area contributed by atoms with Gasteiger partial charge in [0.25, 0.3) is 0 Å². The van der Waals surface area contributed by atoms with Crippen LogP contribution in [0.2, 0.25) is 0 Å². The van der Waals surface area contributed by atoms with E-state index in [0.29, 0.717) is 0 Å². The highest BCUT2D eigenvalue weighted by Crippen LogP contribution is 2.08. The Bertz CT molecular complexity index is 258. The Labute approximate surface area is 93.9 Å². The van der Waals surface area contributed by atoms with E-state index in [1.165, 1.54) is 0 Å². The van der Waals surface area contributed by atoms with Crippen molar-refractivity contribution < 1.29 is 9.00 Å². The normalized spacial score (nSPS) is 25.7. The van der Waals surface area contributed by atoms with Crippen molar-refractivity contribution >= 4 is 16.7 Å². The number of nitrogens with one attached hydrogen (secondary N) is 1. The molecule has 3 atom stereocenters. The quantitative estimate of drug-likeness (QED) is 0.724. The fourth-order valence-electron chi connectivity index (χ4n) is 1.64. The number of hydrogen-bond acceptors (Lipinski definition) is 3. The van der Waals surface area contributed by atoms with Gasteiger partial charge in [-0.15, -0.1) is 0 Å². The summed E-state index contributed by atoms with van der Waals surface area (Å²) in [7, 11) is 1.06. The molecule has 1 fully saturated rings. The van der Waals surface area contributed by atoms with Gasteiger partial charge in [-0.25, -0.2) is 0 Å². The van der Waals surface area contributed by atoms with Crippen LogP contribution >= 0.6 is 0 Å². The van der Waals surface area contributed by atoms with Gasteiger partial charge < -0.3 is 10.2 Å². The molecule has 0 spiro atoms. The first-order chi connectivity index (χ1) is 7.02. The lowest BCUT2D eigenvalue weighted by atomic mass is 10.2. The Kier molecular flexibility index (Phi) is 4.73. The maximum atomic E-state index is 11.5. The zero-order valence-corrected chi connectivity index (χ0v) is 10.5. The molecule has 0 radical (unpaired) electrons. The number of hydrogen-bond donors (Lipinski definition) is 1. The third-order valence-electron chi connectivity index (χ3n) is 2.94. The van der Waals surface area contributed by atoms with Crippen LogP contribution in [0.15, 0.2) is 0 Å². The SMILES string of the molecule is CC(CCNC1CCN(C)C1=O)S(C)=O. The molecule has 88 valence electrons. The van der Waals surface area contributed by atoms with Crippen molar-refractivity contribution in [2.75, 3.05) is 26.4 Å². The summed E-state index contributed by atoms with van der Waals surface area (Å²) in [5.74, 6) is 0.181. The predicted octanol–water partition coefficient (Wildman–Crippen LogP) is -0.0362. The highest BCUT2D eigenvalue weighted by molar-refractivity contribution is 7.84. The van der Waals surface area contributed by atoms with Crippen molar-refractivity contribution in [1.82, 2.24) is 10.2 Å². The largest absolute Gasteiger partial charge is 0.344 e. The van der Waals surface area contributed by atoms with Crippen LogP contribution in [0, 0.1) is 0 Å². The molecule has 1 N–H and O–H groups in total. The molecule has 1 saturated heterocycles. The molecule has 0 aliphatic carbocycles. The lowest BCUT2D eigenvalue weighted by Crippen LogP contribution is -2.38. The van der Waals surface area contributed by atoms with Gasteiger partial charge in [0.05, 0.1) is 6.04 Å². The van der Waals surface area contributed by atoms with Gasteiger partial charge in [-0.3, -0.25) is 9.00 Å². The summed E-state index contributed by atoms with van der Waals surface area (Å²) in [6.45, 7) is 3.58.